The van der Waals surface area contributed by atoms with Crippen molar-refractivity contribution in [2.45, 2.75) is 25.3 Å². The highest BCUT2D eigenvalue weighted by atomic mass is 15.4. The maximum Gasteiger partial charge on any atom is 0.239 e. The van der Waals surface area contributed by atoms with E-state index in [9.17, 15) is 0 Å². The Kier molecular flexibility index (Phi) is 2.45. The second-order valence-electron chi connectivity index (χ2n) is 5.19. The number of aryl methyl sites for hydroxylation is 1. The molecule has 3 heterocycles. The predicted octanol–water partition coefficient (Wildman–Crippen LogP) is 2.33. The molecule has 20 heavy (non-hydrogen) atoms. The molecule has 0 saturated carbocycles. The highest BCUT2D eigenvalue weighted by Crippen LogP contribution is 2.31. The van der Waals surface area contributed by atoms with Crippen molar-refractivity contribution >= 4 is 16.9 Å². The van der Waals surface area contributed by atoms with Crippen molar-refractivity contribution in [1.82, 2.24) is 19.7 Å². The number of nitrogens with two attached hydrogens (primary N) is 1. The zero-order valence-electron chi connectivity index (χ0n) is 11.0. The summed E-state index contributed by atoms with van der Waals surface area (Å²) in [6, 6.07) is 10.7. The van der Waals surface area contributed by atoms with E-state index in [4.69, 9.17) is 5.73 Å². The average molecular weight is 265 g/mol. The van der Waals surface area contributed by atoms with Crippen LogP contribution in [-0.2, 0) is 6.42 Å². The molecule has 1 aliphatic heterocycles. The first-order valence-corrected chi connectivity index (χ1v) is 6.87. The Bertz CT molecular complexity index is 777. The third-order valence-electron chi connectivity index (χ3n) is 3.90. The van der Waals surface area contributed by atoms with E-state index >= 15 is 0 Å². The van der Waals surface area contributed by atoms with E-state index < -0.39 is 0 Å². The number of hydrogen-bond donors (Lipinski definition) is 1. The third-order valence-corrected chi connectivity index (χ3v) is 3.90. The summed E-state index contributed by atoms with van der Waals surface area (Å²) in [6.45, 7) is 0. The molecular formula is C15H15N5. The summed E-state index contributed by atoms with van der Waals surface area (Å²) in [4.78, 5) is 8.67. The van der Waals surface area contributed by atoms with Crippen molar-refractivity contribution < 1.29 is 0 Å². The van der Waals surface area contributed by atoms with Gasteiger partial charge >= 0.3 is 0 Å². The van der Waals surface area contributed by atoms with Crippen LogP contribution in [0.4, 0.5) is 5.95 Å². The van der Waals surface area contributed by atoms with Gasteiger partial charge in [-0.05, 0) is 36.6 Å². The first-order chi connectivity index (χ1) is 9.81. The number of anilines is 1. The van der Waals surface area contributed by atoms with Crippen LogP contribution in [0.15, 0.2) is 36.5 Å². The molecule has 1 aromatic carbocycles. The molecule has 0 aliphatic carbocycles. The van der Waals surface area contributed by atoms with Gasteiger partial charge in [0.2, 0.25) is 5.95 Å². The highest BCUT2D eigenvalue weighted by molar-refractivity contribution is 5.79. The predicted molar refractivity (Wildman–Crippen MR) is 77.3 cm³/mol. The van der Waals surface area contributed by atoms with Crippen LogP contribution >= 0.6 is 0 Å². The Labute approximate surface area is 116 Å². The molecular weight excluding hydrogens is 250 g/mol. The molecule has 2 aromatic heterocycles. The molecule has 5 nitrogen and oxygen atoms in total. The van der Waals surface area contributed by atoms with E-state index in [1.165, 1.54) is 5.56 Å². The van der Waals surface area contributed by atoms with Gasteiger partial charge < -0.3 is 5.73 Å². The van der Waals surface area contributed by atoms with Gasteiger partial charge in [0, 0.05) is 18.0 Å². The fraction of sp³-hybridized carbons (Fsp3) is 0.267. The summed E-state index contributed by atoms with van der Waals surface area (Å²) < 4.78 is 1.98. The largest absolute Gasteiger partial charge is 0.366 e. The van der Waals surface area contributed by atoms with Crippen LogP contribution in [0.2, 0.25) is 0 Å². The van der Waals surface area contributed by atoms with Crippen molar-refractivity contribution in [3.63, 3.8) is 0 Å². The lowest BCUT2D eigenvalue weighted by Crippen LogP contribution is -2.20. The van der Waals surface area contributed by atoms with E-state index in [1.54, 1.807) is 0 Å². The molecule has 0 radical (unpaired) electrons. The number of rotatable bonds is 1. The quantitative estimate of drug-likeness (QED) is 0.733. The van der Waals surface area contributed by atoms with Gasteiger partial charge in [0.05, 0.1) is 11.6 Å². The number of hydrogen-bond acceptors (Lipinski definition) is 4. The fourth-order valence-corrected chi connectivity index (χ4v) is 2.98. The molecule has 1 unspecified atom stereocenters. The second-order valence-corrected chi connectivity index (χ2v) is 5.19. The molecule has 3 aromatic rings. The Hall–Kier alpha value is -2.43. The van der Waals surface area contributed by atoms with E-state index in [2.05, 4.69) is 39.3 Å². The molecule has 100 valence electrons. The summed E-state index contributed by atoms with van der Waals surface area (Å²) in [6.07, 6.45) is 4.96. The Morgan fingerprint density at radius 3 is 3.15 bits per heavy atom. The topological polar surface area (TPSA) is 69.6 Å². The number of nitrogens with zero attached hydrogens (tertiary/aromatic N) is 4. The van der Waals surface area contributed by atoms with Crippen molar-refractivity contribution in [3.8, 4) is 0 Å². The Morgan fingerprint density at radius 2 is 2.20 bits per heavy atom. The number of fused-ring (bicyclic) bond motifs is 2. The molecule has 0 bridgehead atoms. The number of benzene rings is 1. The standard InChI is InChI=1S/C15H15N5/c16-15-18-14-5-1-4-13(20(14)19-15)11-6-7-12-10(9-11)3-2-8-17-12/h2-3,6-9,13H,1,4-5H2,(H2,16,19). The summed E-state index contributed by atoms with van der Waals surface area (Å²) in [5.74, 6) is 1.36. The van der Waals surface area contributed by atoms with Crippen LogP contribution < -0.4 is 5.73 Å². The van der Waals surface area contributed by atoms with Gasteiger partial charge in [0.15, 0.2) is 0 Å². The molecule has 1 atom stereocenters. The van der Waals surface area contributed by atoms with Crippen molar-refractivity contribution in [1.29, 1.82) is 0 Å². The van der Waals surface area contributed by atoms with Crippen LogP contribution in [-0.4, -0.2) is 19.7 Å². The van der Waals surface area contributed by atoms with Gasteiger partial charge in [-0.1, -0.05) is 12.1 Å². The first-order valence-electron chi connectivity index (χ1n) is 6.87. The number of pyridine rings is 1. The smallest absolute Gasteiger partial charge is 0.239 e. The molecule has 4 rings (SSSR count). The van der Waals surface area contributed by atoms with Gasteiger partial charge in [0.25, 0.3) is 0 Å². The highest BCUT2D eigenvalue weighted by Gasteiger charge is 2.24. The third kappa shape index (κ3) is 1.74. The van der Waals surface area contributed by atoms with E-state index in [0.717, 1.165) is 36.0 Å². The Balaban J connectivity index is 1.83. The molecule has 0 amide bonds. The normalized spacial score (nSPS) is 18.1. The molecule has 0 saturated heterocycles. The van der Waals surface area contributed by atoms with Crippen LogP contribution in [0.3, 0.4) is 0 Å². The fourth-order valence-electron chi connectivity index (χ4n) is 2.98. The zero-order chi connectivity index (χ0) is 13.5. The number of aromatic nitrogens is 4. The lowest BCUT2D eigenvalue weighted by atomic mass is 9.96. The van der Waals surface area contributed by atoms with Crippen LogP contribution in [0, 0.1) is 0 Å². The average Bonchev–Trinajstić information content (AvgIpc) is 2.86. The molecule has 1 aliphatic rings. The van der Waals surface area contributed by atoms with E-state index in [1.807, 2.05) is 16.9 Å². The van der Waals surface area contributed by atoms with Crippen molar-refractivity contribution in [2.24, 2.45) is 0 Å². The molecule has 2 N–H and O–H groups in total. The summed E-state index contributed by atoms with van der Waals surface area (Å²) in [7, 11) is 0. The number of nitrogen functional groups attached to an aromatic ring is 1. The summed E-state index contributed by atoms with van der Waals surface area (Å²) >= 11 is 0. The van der Waals surface area contributed by atoms with Gasteiger partial charge in [-0.25, -0.2) is 4.68 Å². The molecule has 5 heteroatoms. The van der Waals surface area contributed by atoms with Gasteiger partial charge in [0.1, 0.15) is 5.82 Å². The van der Waals surface area contributed by atoms with Crippen molar-refractivity contribution in [3.05, 3.63) is 47.9 Å². The van der Waals surface area contributed by atoms with Gasteiger partial charge in [-0.3, -0.25) is 4.98 Å². The van der Waals surface area contributed by atoms with Gasteiger partial charge in [-0.15, -0.1) is 5.10 Å². The molecule has 0 fully saturated rings. The SMILES string of the molecule is Nc1nc2n(n1)C(c1ccc3ncccc3c1)CCC2. The monoisotopic (exact) mass is 265 g/mol. The van der Waals surface area contributed by atoms with Crippen LogP contribution in [0.5, 0.6) is 0 Å². The maximum atomic E-state index is 5.74. The minimum atomic E-state index is 0.230. The van der Waals surface area contributed by atoms with E-state index in [0.29, 0.717) is 5.95 Å². The minimum absolute atomic E-state index is 0.230. The lowest BCUT2D eigenvalue weighted by Gasteiger charge is -2.23. The zero-order valence-corrected chi connectivity index (χ0v) is 11.0. The lowest BCUT2D eigenvalue weighted by molar-refractivity contribution is 0.413. The molecule has 0 spiro atoms. The Morgan fingerprint density at radius 1 is 1.25 bits per heavy atom. The van der Waals surface area contributed by atoms with Crippen LogP contribution in [0.25, 0.3) is 10.9 Å². The van der Waals surface area contributed by atoms with Crippen LogP contribution in [0.1, 0.15) is 30.3 Å². The minimum Gasteiger partial charge on any atom is -0.366 e. The summed E-state index contributed by atoms with van der Waals surface area (Å²) in [5.41, 5.74) is 8.00. The maximum absolute atomic E-state index is 5.74. The first kappa shape index (κ1) is 11.4. The van der Waals surface area contributed by atoms with E-state index in [-0.39, 0.29) is 6.04 Å². The summed E-state index contributed by atoms with van der Waals surface area (Å²) in [5, 5.41) is 5.51. The second kappa shape index (κ2) is 4.30. The van der Waals surface area contributed by atoms with Crippen molar-refractivity contribution in [2.75, 3.05) is 5.73 Å². The van der Waals surface area contributed by atoms with Gasteiger partial charge in [-0.2, -0.15) is 4.98 Å².